The van der Waals surface area contributed by atoms with Crippen LogP contribution in [-0.2, 0) is 0 Å². The van der Waals surface area contributed by atoms with Gasteiger partial charge in [0.25, 0.3) is 0 Å². The molecule has 0 unspecified atom stereocenters. The van der Waals surface area contributed by atoms with Gasteiger partial charge >= 0.3 is 0 Å². The summed E-state index contributed by atoms with van der Waals surface area (Å²) < 4.78 is 0.854. The first kappa shape index (κ1) is 11.0. The van der Waals surface area contributed by atoms with Crippen LogP contribution in [0.5, 0.6) is 0 Å². The second kappa shape index (κ2) is 4.60. The fraction of sp³-hybridized carbons (Fsp3) is 0. The first-order valence-electron chi connectivity index (χ1n) is 4.09. The molecule has 0 atom stereocenters. The molecule has 1 aromatic carbocycles. The van der Waals surface area contributed by atoms with Gasteiger partial charge in [-0.25, -0.2) is 4.98 Å². The Balaban J connectivity index is 2.62. The molecule has 2 nitrogen and oxygen atoms in total. The van der Waals surface area contributed by atoms with Gasteiger partial charge in [0.05, 0.1) is 27.4 Å². The normalized spacial score (nSPS) is 12.1. The van der Waals surface area contributed by atoms with Crippen LogP contribution >= 0.6 is 43.5 Å². The molecule has 0 aliphatic heterocycles. The highest BCUT2D eigenvalue weighted by molar-refractivity contribution is 9.16. The smallest absolute Gasteiger partial charge is 0.0967 e. The van der Waals surface area contributed by atoms with Crippen LogP contribution in [0.3, 0.4) is 0 Å². The molecular formula is C10H5Br2ClN2. The van der Waals surface area contributed by atoms with Crippen molar-refractivity contribution in [1.29, 1.82) is 0 Å². The first-order valence-corrected chi connectivity index (χ1v) is 6.18. The number of rotatable bonds is 1. The molecule has 0 aliphatic carbocycles. The summed E-state index contributed by atoms with van der Waals surface area (Å²) in [7, 11) is 0. The molecule has 0 amide bonds. The molecule has 0 fully saturated rings. The van der Waals surface area contributed by atoms with Crippen LogP contribution in [0.25, 0.3) is 15.5 Å². The summed E-state index contributed by atoms with van der Waals surface area (Å²) in [5.41, 5.74) is 2.39. The van der Waals surface area contributed by atoms with Gasteiger partial charge in [0.2, 0.25) is 0 Å². The highest BCUT2D eigenvalue weighted by Gasteiger charge is 2.02. The molecule has 2 rings (SSSR count). The summed E-state index contributed by atoms with van der Waals surface area (Å²) in [6.07, 6.45) is 1.69. The van der Waals surface area contributed by atoms with E-state index in [9.17, 15) is 0 Å². The van der Waals surface area contributed by atoms with E-state index in [1.54, 1.807) is 23.3 Å². The average Bonchev–Trinajstić information content (AvgIpc) is 2.27. The molecule has 1 aromatic heterocycles. The summed E-state index contributed by atoms with van der Waals surface area (Å²) >= 11 is 12.5. The van der Waals surface area contributed by atoms with E-state index in [2.05, 4.69) is 41.8 Å². The Kier molecular flexibility index (Phi) is 3.38. The molecular weight excluding hydrogens is 343 g/mol. The fourth-order valence-corrected chi connectivity index (χ4v) is 1.75. The van der Waals surface area contributed by atoms with Gasteiger partial charge in [0.1, 0.15) is 0 Å². The summed E-state index contributed by atoms with van der Waals surface area (Å²) in [4.78, 5) is 10.4. The minimum absolute atomic E-state index is 0.666. The van der Waals surface area contributed by atoms with Crippen LogP contribution in [-0.4, -0.2) is 9.97 Å². The molecule has 0 aliphatic rings. The third kappa shape index (κ3) is 2.38. The second-order valence-corrected chi connectivity index (χ2v) is 4.59. The standard InChI is InChI=1S/C10H5Br2ClN2/c11-4-7(12)10-5-14-9-3-6(13)1-2-8(9)15-10/h1-5H. The number of hydrogen-bond donors (Lipinski definition) is 0. The topological polar surface area (TPSA) is 25.8 Å². The van der Waals surface area contributed by atoms with E-state index in [0.29, 0.717) is 5.02 Å². The van der Waals surface area contributed by atoms with E-state index in [1.807, 2.05) is 6.07 Å². The molecule has 0 N–H and O–H groups in total. The van der Waals surface area contributed by atoms with E-state index >= 15 is 0 Å². The molecule has 0 saturated heterocycles. The lowest BCUT2D eigenvalue weighted by atomic mass is 10.3. The van der Waals surface area contributed by atoms with Crippen LogP contribution in [0.4, 0.5) is 0 Å². The van der Waals surface area contributed by atoms with E-state index in [1.165, 1.54) is 0 Å². The molecule has 5 heteroatoms. The van der Waals surface area contributed by atoms with Crippen molar-refractivity contribution < 1.29 is 0 Å². The summed E-state index contributed by atoms with van der Waals surface area (Å²) in [5.74, 6) is 0. The van der Waals surface area contributed by atoms with Gasteiger partial charge in [0.15, 0.2) is 0 Å². The van der Waals surface area contributed by atoms with E-state index in [4.69, 9.17) is 11.6 Å². The lowest BCUT2D eigenvalue weighted by Crippen LogP contribution is -1.88. The third-order valence-electron chi connectivity index (χ3n) is 1.84. The summed E-state index contributed by atoms with van der Waals surface area (Å²) in [6.45, 7) is 0. The van der Waals surface area contributed by atoms with Gasteiger partial charge in [0, 0.05) is 5.02 Å². The van der Waals surface area contributed by atoms with Crippen molar-refractivity contribution in [2.45, 2.75) is 0 Å². The number of benzene rings is 1. The maximum atomic E-state index is 5.85. The zero-order valence-electron chi connectivity index (χ0n) is 7.42. The zero-order chi connectivity index (χ0) is 10.8. The van der Waals surface area contributed by atoms with Crippen LogP contribution in [0.2, 0.25) is 5.02 Å². The Labute approximate surface area is 109 Å². The predicted molar refractivity (Wildman–Crippen MR) is 70.4 cm³/mol. The largest absolute Gasteiger partial charge is 0.252 e. The van der Waals surface area contributed by atoms with Gasteiger partial charge in [-0.1, -0.05) is 27.5 Å². The van der Waals surface area contributed by atoms with E-state index in [0.717, 1.165) is 21.2 Å². The lowest BCUT2D eigenvalue weighted by molar-refractivity contribution is 1.26. The summed E-state index contributed by atoms with van der Waals surface area (Å²) in [5, 5.41) is 0.666. The minimum atomic E-state index is 0.666. The number of aromatic nitrogens is 2. The van der Waals surface area contributed by atoms with Gasteiger partial charge < -0.3 is 0 Å². The molecule has 0 bridgehead atoms. The minimum Gasteiger partial charge on any atom is -0.252 e. The van der Waals surface area contributed by atoms with Crippen molar-refractivity contribution in [2.24, 2.45) is 0 Å². The number of fused-ring (bicyclic) bond motifs is 1. The van der Waals surface area contributed by atoms with Gasteiger partial charge in [-0.2, -0.15) is 0 Å². The highest BCUT2D eigenvalue weighted by Crippen LogP contribution is 2.23. The summed E-state index contributed by atoms with van der Waals surface area (Å²) in [6, 6.07) is 5.44. The number of hydrogen-bond acceptors (Lipinski definition) is 2. The van der Waals surface area contributed by atoms with Gasteiger partial charge in [-0.15, -0.1) is 0 Å². The quantitative estimate of drug-likeness (QED) is 0.765. The third-order valence-corrected chi connectivity index (χ3v) is 3.79. The molecule has 76 valence electrons. The molecule has 2 aromatic rings. The van der Waals surface area contributed by atoms with E-state index < -0.39 is 0 Å². The Morgan fingerprint density at radius 3 is 2.87 bits per heavy atom. The van der Waals surface area contributed by atoms with E-state index in [-0.39, 0.29) is 0 Å². The number of nitrogens with zero attached hydrogens (tertiary/aromatic N) is 2. The van der Waals surface area contributed by atoms with Crippen molar-refractivity contribution in [2.75, 3.05) is 0 Å². The van der Waals surface area contributed by atoms with Crippen molar-refractivity contribution in [3.05, 3.63) is 40.1 Å². The average molecular weight is 348 g/mol. The monoisotopic (exact) mass is 346 g/mol. The zero-order valence-corrected chi connectivity index (χ0v) is 11.3. The van der Waals surface area contributed by atoms with Crippen LogP contribution < -0.4 is 0 Å². The van der Waals surface area contributed by atoms with Crippen LogP contribution in [0, 0.1) is 0 Å². The number of halogens is 3. The maximum Gasteiger partial charge on any atom is 0.0967 e. The molecule has 0 radical (unpaired) electrons. The first-order chi connectivity index (χ1) is 7.20. The Morgan fingerprint density at radius 2 is 2.13 bits per heavy atom. The second-order valence-electron chi connectivity index (χ2n) is 2.85. The molecule has 0 spiro atoms. The van der Waals surface area contributed by atoms with Crippen LogP contribution in [0.1, 0.15) is 5.69 Å². The van der Waals surface area contributed by atoms with Crippen LogP contribution in [0.15, 0.2) is 29.4 Å². The Bertz CT molecular complexity index is 540. The molecule has 15 heavy (non-hydrogen) atoms. The van der Waals surface area contributed by atoms with Crippen molar-refractivity contribution in [3.8, 4) is 0 Å². The fourth-order valence-electron chi connectivity index (χ4n) is 1.15. The van der Waals surface area contributed by atoms with Crippen molar-refractivity contribution in [3.63, 3.8) is 0 Å². The molecule has 0 saturated carbocycles. The molecule has 1 heterocycles. The maximum absolute atomic E-state index is 5.85. The predicted octanol–water partition coefficient (Wildman–Crippen LogP) is 4.37. The Morgan fingerprint density at radius 1 is 1.33 bits per heavy atom. The lowest BCUT2D eigenvalue weighted by Gasteiger charge is -2.00. The Hall–Kier alpha value is -0.450. The van der Waals surface area contributed by atoms with Gasteiger partial charge in [-0.05, 0) is 39.1 Å². The van der Waals surface area contributed by atoms with Crippen molar-refractivity contribution in [1.82, 2.24) is 9.97 Å². The van der Waals surface area contributed by atoms with Crippen molar-refractivity contribution >= 4 is 59.0 Å². The SMILES string of the molecule is Clc1ccc2nc(C(Br)=CBr)cnc2c1. The highest BCUT2D eigenvalue weighted by atomic mass is 79.9. The van der Waals surface area contributed by atoms with Gasteiger partial charge in [-0.3, -0.25) is 4.98 Å².